The van der Waals surface area contributed by atoms with Gasteiger partial charge in [-0.25, -0.2) is 0 Å². The van der Waals surface area contributed by atoms with Crippen LogP contribution >= 0.6 is 39.1 Å². The van der Waals surface area contributed by atoms with Gasteiger partial charge in [0.15, 0.2) is 0 Å². The van der Waals surface area contributed by atoms with Crippen LogP contribution in [-0.2, 0) is 11.2 Å². The predicted octanol–water partition coefficient (Wildman–Crippen LogP) is 5.12. The van der Waals surface area contributed by atoms with Gasteiger partial charge in [-0.15, -0.1) is 0 Å². The van der Waals surface area contributed by atoms with Crippen molar-refractivity contribution in [1.29, 1.82) is 0 Å². The number of hydrogen-bond acceptors (Lipinski definition) is 1. The predicted molar refractivity (Wildman–Crippen MR) is 83.5 cm³/mol. The maximum absolute atomic E-state index is 6.12. The lowest BCUT2D eigenvalue weighted by molar-refractivity contribution is 0.0413. The minimum absolute atomic E-state index is 0.221. The van der Waals surface area contributed by atoms with Gasteiger partial charge in [0.05, 0.1) is 16.1 Å². The summed E-state index contributed by atoms with van der Waals surface area (Å²) in [5.74, 6) is 0.767. The van der Waals surface area contributed by atoms with Crippen molar-refractivity contribution >= 4 is 39.1 Å². The van der Waals surface area contributed by atoms with Crippen LogP contribution in [0.4, 0.5) is 0 Å². The molecule has 1 saturated heterocycles. The summed E-state index contributed by atoms with van der Waals surface area (Å²) in [6.45, 7) is 0.883. The van der Waals surface area contributed by atoms with Crippen LogP contribution < -0.4 is 0 Å². The van der Waals surface area contributed by atoms with E-state index < -0.39 is 0 Å². The van der Waals surface area contributed by atoms with Gasteiger partial charge in [0.1, 0.15) is 0 Å². The Balaban J connectivity index is 1.83. The Morgan fingerprint density at radius 2 is 2.05 bits per heavy atom. The zero-order valence-electron chi connectivity index (χ0n) is 10.7. The van der Waals surface area contributed by atoms with Crippen LogP contribution in [0.25, 0.3) is 0 Å². The lowest BCUT2D eigenvalue weighted by Gasteiger charge is -2.33. The summed E-state index contributed by atoms with van der Waals surface area (Å²) in [7, 11) is 0. The van der Waals surface area contributed by atoms with E-state index in [0.29, 0.717) is 16.1 Å². The molecule has 0 bridgehead atoms. The maximum atomic E-state index is 6.12. The SMILES string of the molecule is Clc1ccc(CC2(CBr)CCOC2C2CC2)cc1Cl. The summed E-state index contributed by atoms with van der Waals surface area (Å²) in [5, 5.41) is 2.26. The second-order valence-corrected chi connectivity index (χ2v) is 7.18. The van der Waals surface area contributed by atoms with Gasteiger partial charge in [-0.05, 0) is 49.3 Å². The Bertz CT molecular complexity index is 475. The fourth-order valence-corrected chi connectivity index (χ4v) is 4.30. The molecule has 2 atom stereocenters. The highest BCUT2D eigenvalue weighted by Crippen LogP contribution is 2.50. The van der Waals surface area contributed by atoms with E-state index in [0.717, 1.165) is 30.7 Å². The summed E-state index contributed by atoms with van der Waals surface area (Å²) in [6.07, 6.45) is 5.18. The van der Waals surface area contributed by atoms with Gasteiger partial charge in [-0.2, -0.15) is 0 Å². The maximum Gasteiger partial charge on any atom is 0.0671 e. The summed E-state index contributed by atoms with van der Waals surface area (Å²) in [6, 6.07) is 5.97. The van der Waals surface area contributed by atoms with Crippen molar-refractivity contribution in [1.82, 2.24) is 0 Å². The third-order valence-electron chi connectivity index (χ3n) is 4.36. The first kappa shape index (κ1) is 14.2. The molecule has 2 unspecified atom stereocenters. The third kappa shape index (κ3) is 2.83. The first-order valence-electron chi connectivity index (χ1n) is 6.76. The summed E-state index contributed by atoms with van der Waals surface area (Å²) >= 11 is 15.8. The van der Waals surface area contributed by atoms with Gasteiger partial charge >= 0.3 is 0 Å². The third-order valence-corrected chi connectivity index (χ3v) is 6.21. The van der Waals surface area contributed by atoms with E-state index in [4.69, 9.17) is 27.9 Å². The van der Waals surface area contributed by atoms with Crippen LogP contribution in [0.1, 0.15) is 24.8 Å². The summed E-state index contributed by atoms with van der Waals surface area (Å²) in [5.41, 5.74) is 1.48. The average molecular weight is 364 g/mol. The molecule has 1 aromatic carbocycles. The Morgan fingerprint density at radius 1 is 1.26 bits per heavy atom. The normalized spacial score (nSPS) is 30.8. The monoisotopic (exact) mass is 362 g/mol. The molecule has 0 aromatic heterocycles. The van der Waals surface area contributed by atoms with Crippen molar-refractivity contribution in [2.24, 2.45) is 11.3 Å². The first-order valence-corrected chi connectivity index (χ1v) is 8.64. The minimum atomic E-state index is 0.221. The molecule has 1 saturated carbocycles. The molecule has 2 fully saturated rings. The van der Waals surface area contributed by atoms with Crippen LogP contribution in [0, 0.1) is 11.3 Å². The molecule has 0 radical (unpaired) electrons. The van der Waals surface area contributed by atoms with Crippen molar-refractivity contribution < 1.29 is 4.74 Å². The fourth-order valence-electron chi connectivity index (χ4n) is 3.18. The molecular weight excluding hydrogens is 347 g/mol. The molecule has 1 aliphatic carbocycles. The molecule has 0 amide bonds. The number of ether oxygens (including phenoxy) is 1. The number of hydrogen-bond donors (Lipinski definition) is 0. The van der Waals surface area contributed by atoms with Crippen LogP contribution in [0.15, 0.2) is 18.2 Å². The number of rotatable bonds is 4. The highest BCUT2D eigenvalue weighted by Gasteiger charge is 2.50. The second-order valence-electron chi connectivity index (χ2n) is 5.80. The summed E-state index contributed by atoms with van der Waals surface area (Å²) in [4.78, 5) is 0. The van der Waals surface area contributed by atoms with Crippen LogP contribution in [0.2, 0.25) is 10.0 Å². The molecule has 19 heavy (non-hydrogen) atoms. The zero-order chi connectivity index (χ0) is 13.5. The van der Waals surface area contributed by atoms with Gasteiger partial charge in [-0.3, -0.25) is 0 Å². The average Bonchev–Trinajstić information content (AvgIpc) is 3.16. The quantitative estimate of drug-likeness (QED) is 0.675. The van der Waals surface area contributed by atoms with Crippen molar-refractivity contribution in [3.8, 4) is 0 Å². The number of benzene rings is 1. The molecule has 3 rings (SSSR count). The molecule has 1 nitrogen and oxygen atoms in total. The standard InChI is InChI=1S/C15H17BrCl2O/c16-9-15(5-6-19-14(15)11-2-3-11)8-10-1-4-12(17)13(18)7-10/h1,4,7,11,14H,2-3,5-6,8-9H2. The lowest BCUT2D eigenvalue weighted by atomic mass is 9.76. The van der Waals surface area contributed by atoms with E-state index >= 15 is 0 Å². The minimum Gasteiger partial charge on any atom is -0.377 e. The fraction of sp³-hybridized carbons (Fsp3) is 0.600. The Morgan fingerprint density at radius 3 is 2.68 bits per heavy atom. The molecule has 1 aliphatic heterocycles. The Kier molecular flexibility index (Phi) is 4.15. The molecule has 2 aliphatic rings. The molecule has 0 spiro atoms. The largest absolute Gasteiger partial charge is 0.377 e. The van der Waals surface area contributed by atoms with Crippen LogP contribution in [0.5, 0.6) is 0 Å². The molecule has 4 heteroatoms. The Labute approximate surface area is 132 Å². The zero-order valence-corrected chi connectivity index (χ0v) is 13.8. The van der Waals surface area contributed by atoms with Gasteiger partial charge in [0.25, 0.3) is 0 Å². The highest BCUT2D eigenvalue weighted by molar-refractivity contribution is 9.09. The summed E-state index contributed by atoms with van der Waals surface area (Å²) < 4.78 is 6.02. The van der Waals surface area contributed by atoms with Crippen molar-refractivity contribution in [3.05, 3.63) is 33.8 Å². The van der Waals surface area contributed by atoms with E-state index in [9.17, 15) is 0 Å². The molecule has 1 heterocycles. The molecule has 0 N–H and O–H groups in total. The van der Waals surface area contributed by atoms with Crippen LogP contribution in [-0.4, -0.2) is 18.0 Å². The van der Waals surface area contributed by atoms with Crippen molar-refractivity contribution in [3.63, 3.8) is 0 Å². The first-order chi connectivity index (χ1) is 9.14. The van der Waals surface area contributed by atoms with E-state index in [1.165, 1.54) is 18.4 Å². The van der Waals surface area contributed by atoms with E-state index in [2.05, 4.69) is 22.0 Å². The Hall–Kier alpha value is 0.240. The van der Waals surface area contributed by atoms with Crippen molar-refractivity contribution in [2.75, 3.05) is 11.9 Å². The van der Waals surface area contributed by atoms with E-state index in [1.54, 1.807) is 0 Å². The molecule has 1 aromatic rings. The van der Waals surface area contributed by atoms with Gasteiger partial charge in [0.2, 0.25) is 0 Å². The van der Waals surface area contributed by atoms with E-state index in [1.807, 2.05) is 12.1 Å². The van der Waals surface area contributed by atoms with Gasteiger partial charge in [0, 0.05) is 17.4 Å². The molecular formula is C15H17BrCl2O. The van der Waals surface area contributed by atoms with Crippen molar-refractivity contribution in [2.45, 2.75) is 31.8 Å². The number of alkyl halides is 1. The lowest BCUT2D eigenvalue weighted by Crippen LogP contribution is -2.36. The number of halogens is 3. The highest BCUT2D eigenvalue weighted by atomic mass is 79.9. The smallest absolute Gasteiger partial charge is 0.0671 e. The molecule has 104 valence electrons. The second kappa shape index (κ2) is 5.55. The van der Waals surface area contributed by atoms with Gasteiger partial charge < -0.3 is 4.74 Å². The topological polar surface area (TPSA) is 9.23 Å². The van der Waals surface area contributed by atoms with Gasteiger partial charge in [-0.1, -0.05) is 45.2 Å². The van der Waals surface area contributed by atoms with Crippen LogP contribution in [0.3, 0.4) is 0 Å². The van der Waals surface area contributed by atoms with E-state index in [-0.39, 0.29) is 5.41 Å².